The number of carboxylic acid groups (broad SMARTS) is 1. The molecule has 1 fully saturated rings. The van der Waals surface area contributed by atoms with Gasteiger partial charge in [-0.1, -0.05) is 31.0 Å². The molecule has 0 radical (unpaired) electrons. The summed E-state index contributed by atoms with van der Waals surface area (Å²) < 4.78 is 24.6. The molecule has 1 saturated carbocycles. The number of hydrogen-bond acceptors (Lipinski definition) is 4. The average molecular weight is 309 g/mol. The van der Waals surface area contributed by atoms with E-state index in [1.165, 1.54) is 0 Å². The lowest BCUT2D eigenvalue weighted by Gasteiger charge is -2.32. The summed E-state index contributed by atoms with van der Waals surface area (Å²) in [7, 11) is -3.30. The van der Waals surface area contributed by atoms with Gasteiger partial charge < -0.3 is 5.11 Å². The van der Waals surface area contributed by atoms with Gasteiger partial charge in [0.2, 0.25) is 0 Å². The Hall–Kier alpha value is -1.40. The van der Waals surface area contributed by atoms with Crippen LogP contribution in [0.4, 0.5) is 0 Å². The van der Waals surface area contributed by atoms with Gasteiger partial charge in [0, 0.05) is 6.04 Å². The van der Waals surface area contributed by atoms with Gasteiger partial charge in [-0.2, -0.15) is 0 Å². The second-order valence-corrected chi connectivity index (χ2v) is 7.84. The van der Waals surface area contributed by atoms with E-state index < -0.39 is 15.8 Å². The standard InChI is InChI=1S/C15H19NO4S/c17-15(18)9-16(11-5-1-2-6-11)13-10-21(19,20)14-8-4-3-7-12(13)14/h3-4,7-8,11,13H,1-2,5-6,9-10H2,(H,17,18). The lowest BCUT2D eigenvalue weighted by Crippen LogP contribution is -2.41. The first-order valence-electron chi connectivity index (χ1n) is 7.28. The van der Waals surface area contributed by atoms with Crippen molar-refractivity contribution in [1.29, 1.82) is 0 Å². The topological polar surface area (TPSA) is 74.7 Å². The normalized spacial score (nSPS) is 24.3. The van der Waals surface area contributed by atoms with E-state index in [1.807, 2.05) is 17.0 Å². The SMILES string of the molecule is O=C(O)CN(C1CCCC1)C1CS(=O)(=O)c2ccccc21. The minimum Gasteiger partial charge on any atom is -0.480 e. The maximum Gasteiger partial charge on any atom is 0.317 e. The van der Waals surface area contributed by atoms with Crippen LogP contribution in [0.1, 0.15) is 37.3 Å². The number of sulfone groups is 1. The molecule has 1 aromatic carbocycles. The molecule has 1 N–H and O–H groups in total. The first kappa shape index (κ1) is 14.5. The molecular formula is C15H19NO4S. The van der Waals surface area contributed by atoms with Crippen molar-refractivity contribution in [2.45, 2.75) is 42.7 Å². The fourth-order valence-corrected chi connectivity index (χ4v) is 5.40. The summed E-state index contributed by atoms with van der Waals surface area (Å²) in [5.41, 5.74) is 0.755. The lowest BCUT2D eigenvalue weighted by atomic mass is 10.0. The molecule has 1 aliphatic carbocycles. The number of carbonyl (C=O) groups is 1. The van der Waals surface area contributed by atoms with E-state index in [-0.39, 0.29) is 24.4 Å². The number of benzene rings is 1. The van der Waals surface area contributed by atoms with Crippen molar-refractivity contribution < 1.29 is 18.3 Å². The number of aliphatic carboxylic acids is 1. The molecule has 21 heavy (non-hydrogen) atoms. The molecule has 0 aromatic heterocycles. The lowest BCUT2D eigenvalue weighted by molar-refractivity contribution is -0.139. The van der Waals surface area contributed by atoms with E-state index in [4.69, 9.17) is 0 Å². The van der Waals surface area contributed by atoms with Crippen LogP contribution in [0.2, 0.25) is 0 Å². The average Bonchev–Trinajstić information content (AvgIpc) is 3.04. The number of fused-ring (bicyclic) bond motifs is 1. The van der Waals surface area contributed by atoms with Gasteiger partial charge in [-0.25, -0.2) is 8.42 Å². The number of carboxylic acids is 1. The third-order valence-electron chi connectivity index (χ3n) is 4.50. The summed E-state index contributed by atoms with van der Waals surface area (Å²) >= 11 is 0. The summed E-state index contributed by atoms with van der Waals surface area (Å²) in [5, 5.41) is 9.19. The van der Waals surface area contributed by atoms with Crippen LogP contribution >= 0.6 is 0 Å². The molecule has 2 aliphatic rings. The largest absolute Gasteiger partial charge is 0.480 e. The molecule has 6 heteroatoms. The van der Waals surface area contributed by atoms with Crippen molar-refractivity contribution in [3.8, 4) is 0 Å². The molecule has 5 nitrogen and oxygen atoms in total. The third-order valence-corrected chi connectivity index (χ3v) is 6.30. The van der Waals surface area contributed by atoms with Crippen molar-refractivity contribution in [3.63, 3.8) is 0 Å². The summed E-state index contributed by atoms with van der Waals surface area (Å²) in [5.74, 6) is -0.903. The molecule has 1 aliphatic heterocycles. The Morgan fingerprint density at radius 3 is 2.57 bits per heavy atom. The molecular weight excluding hydrogens is 290 g/mol. The van der Waals surface area contributed by atoms with Crippen molar-refractivity contribution in [3.05, 3.63) is 29.8 Å². The highest BCUT2D eigenvalue weighted by Gasteiger charge is 2.41. The van der Waals surface area contributed by atoms with Crippen LogP contribution in [0.25, 0.3) is 0 Å². The number of hydrogen-bond donors (Lipinski definition) is 1. The molecule has 1 atom stereocenters. The zero-order valence-corrected chi connectivity index (χ0v) is 12.6. The van der Waals surface area contributed by atoms with Gasteiger partial charge in [-0.15, -0.1) is 0 Å². The fraction of sp³-hybridized carbons (Fsp3) is 0.533. The molecule has 1 aromatic rings. The molecule has 0 bridgehead atoms. The Morgan fingerprint density at radius 1 is 1.24 bits per heavy atom. The highest BCUT2D eigenvalue weighted by atomic mass is 32.2. The highest BCUT2D eigenvalue weighted by molar-refractivity contribution is 7.91. The van der Waals surface area contributed by atoms with Gasteiger partial charge in [-0.3, -0.25) is 9.69 Å². The molecule has 0 spiro atoms. The van der Waals surface area contributed by atoms with Gasteiger partial charge in [-0.05, 0) is 24.5 Å². The van der Waals surface area contributed by atoms with Crippen LogP contribution in [-0.4, -0.2) is 42.7 Å². The van der Waals surface area contributed by atoms with E-state index >= 15 is 0 Å². The predicted octanol–water partition coefficient (Wildman–Crippen LogP) is 1.84. The second kappa shape index (κ2) is 5.42. The smallest absolute Gasteiger partial charge is 0.317 e. The molecule has 0 amide bonds. The van der Waals surface area contributed by atoms with Crippen molar-refractivity contribution >= 4 is 15.8 Å². The Balaban J connectivity index is 1.98. The van der Waals surface area contributed by atoms with E-state index in [9.17, 15) is 18.3 Å². The molecule has 0 saturated heterocycles. The fourth-order valence-electron chi connectivity index (χ4n) is 3.59. The van der Waals surface area contributed by atoms with Crippen LogP contribution in [0.5, 0.6) is 0 Å². The summed E-state index contributed by atoms with van der Waals surface area (Å²) in [6.45, 7) is -0.0980. The van der Waals surface area contributed by atoms with Gasteiger partial charge in [0.25, 0.3) is 0 Å². The quantitative estimate of drug-likeness (QED) is 0.918. The Kier molecular flexibility index (Phi) is 3.75. The first-order valence-corrected chi connectivity index (χ1v) is 8.93. The Labute approximate surface area is 124 Å². The van der Waals surface area contributed by atoms with Crippen LogP contribution in [-0.2, 0) is 14.6 Å². The van der Waals surface area contributed by atoms with Crippen LogP contribution < -0.4 is 0 Å². The Morgan fingerprint density at radius 2 is 1.90 bits per heavy atom. The van der Waals surface area contributed by atoms with Crippen molar-refractivity contribution in [2.75, 3.05) is 12.3 Å². The monoisotopic (exact) mass is 309 g/mol. The molecule has 1 heterocycles. The minimum atomic E-state index is -3.30. The van der Waals surface area contributed by atoms with E-state index in [0.29, 0.717) is 4.90 Å². The van der Waals surface area contributed by atoms with Gasteiger partial charge in [0.1, 0.15) is 0 Å². The zero-order chi connectivity index (χ0) is 15.0. The number of nitrogens with zero attached hydrogens (tertiary/aromatic N) is 1. The third kappa shape index (κ3) is 2.70. The highest BCUT2D eigenvalue weighted by Crippen LogP contribution is 2.40. The van der Waals surface area contributed by atoms with Crippen LogP contribution in [0, 0.1) is 0 Å². The number of rotatable bonds is 4. The van der Waals surface area contributed by atoms with Crippen LogP contribution in [0.3, 0.4) is 0 Å². The molecule has 114 valence electrons. The van der Waals surface area contributed by atoms with Crippen LogP contribution in [0.15, 0.2) is 29.2 Å². The Bertz CT molecular complexity index is 649. The summed E-state index contributed by atoms with van der Waals surface area (Å²) in [6.07, 6.45) is 4.07. The summed E-state index contributed by atoms with van der Waals surface area (Å²) in [6, 6.07) is 6.82. The van der Waals surface area contributed by atoms with E-state index in [2.05, 4.69) is 0 Å². The second-order valence-electron chi connectivity index (χ2n) is 5.84. The van der Waals surface area contributed by atoms with E-state index in [1.54, 1.807) is 12.1 Å². The van der Waals surface area contributed by atoms with Gasteiger partial charge in [0.15, 0.2) is 9.84 Å². The maximum absolute atomic E-state index is 12.3. The predicted molar refractivity (Wildman–Crippen MR) is 77.8 cm³/mol. The van der Waals surface area contributed by atoms with E-state index in [0.717, 1.165) is 31.2 Å². The molecule has 1 unspecified atom stereocenters. The molecule has 3 rings (SSSR count). The maximum atomic E-state index is 12.3. The van der Waals surface area contributed by atoms with Crippen molar-refractivity contribution in [1.82, 2.24) is 4.90 Å². The minimum absolute atomic E-state index is 0.00384. The first-order chi connectivity index (χ1) is 9.99. The van der Waals surface area contributed by atoms with Gasteiger partial charge >= 0.3 is 5.97 Å². The van der Waals surface area contributed by atoms with Gasteiger partial charge in [0.05, 0.1) is 23.2 Å². The summed E-state index contributed by atoms with van der Waals surface area (Å²) in [4.78, 5) is 13.5. The zero-order valence-electron chi connectivity index (χ0n) is 11.7. The van der Waals surface area contributed by atoms with Crippen molar-refractivity contribution in [2.24, 2.45) is 0 Å².